The van der Waals surface area contributed by atoms with Crippen LogP contribution in [0.2, 0.25) is 0 Å². The second-order valence-electron chi connectivity index (χ2n) is 3.82. The van der Waals surface area contributed by atoms with Crippen LogP contribution in [0.3, 0.4) is 0 Å². The van der Waals surface area contributed by atoms with Crippen LogP contribution in [0.4, 0.5) is 4.79 Å². The van der Waals surface area contributed by atoms with Crippen LogP contribution in [0, 0.1) is 0 Å². The largest absolute Gasteiger partial charge is 0.324 e. The fourth-order valence-corrected chi connectivity index (χ4v) is 2.37. The molecule has 0 atom stereocenters. The van der Waals surface area contributed by atoms with E-state index in [-0.39, 0.29) is 11.9 Å². The van der Waals surface area contributed by atoms with Gasteiger partial charge in [0.1, 0.15) is 0 Å². The molecule has 1 aromatic heterocycles. The summed E-state index contributed by atoms with van der Waals surface area (Å²) in [4.78, 5) is 25.0. The molecule has 2 heterocycles. The van der Waals surface area contributed by atoms with Crippen molar-refractivity contribution in [2.24, 2.45) is 0 Å². The first-order valence-electron chi connectivity index (χ1n) is 5.40. The van der Waals surface area contributed by atoms with Crippen molar-refractivity contribution < 1.29 is 9.59 Å². The summed E-state index contributed by atoms with van der Waals surface area (Å²) in [7, 11) is 0. The number of carbonyl (C=O) groups excluding carboxylic acids is 2. The van der Waals surface area contributed by atoms with Crippen LogP contribution in [-0.2, 0) is 0 Å². The van der Waals surface area contributed by atoms with Crippen LogP contribution in [0.15, 0.2) is 16.8 Å². The molecule has 1 fully saturated rings. The predicted molar refractivity (Wildman–Crippen MR) is 62.6 cm³/mol. The Bertz CT molecular complexity index is 369. The van der Waals surface area contributed by atoms with Crippen LogP contribution in [0.1, 0.15) is 29.6 Å². The minimum atomic E-state index is -0.308. The fourth-order valence-electron chi connectivity index (χ4n) is 1.74. The second kappa shape index (κ2) is 5.12. The van der Waals surface area contributed by atoms with E-state index in [1.165, 1.54) is 17.8 Å². The topological polar surface area (TPSA) is 49.4 Å². The lowest BCUT2D eigenvalue weighted by atomic mass is 10.1. The molecule has 3 amide bonds. The number of urea groups is 1. The number of piperidine rings is 1. The maximum Gasteiger partial charge on any atom is 0.324 e. The molecule has 0 aliphatic carbocycles. The normalized spacial score (nSPS) is 15.9. The molecule has 0 radical (unpaired) electrons. The third-order valence-electron chi connectivity index (χ3n) is 2.65. The highest BCUT2D eigenvalue weighted by atomic mass is 32.1. The summed E-state index contributed by atoms with van der Waals surface area (Å²) < 4.78 is 0. The number of hydrogen-bond donors (Lipinski definition) is 1. The standard InChI is InChI=1S/C11H14N2O2S/c14-10(9-4-7-16-8-9)12-11(15)13-5-2-1-3-6-13/h4,7-8H,1-3,5-6H2,(H,12,14,15). The third kappa shape index (κ3) is 2.61. The number of imide groups is 1. The number of rotatable bonds is 1. The Morgan fingerprint density at radius 1 is 1.25 bits per heavy atom. The van der Waals surface area contributed by atoms with E-state index in [2.05, 4.69) is 5.32 Å². The van der Waals surface area contributed by atoms with Crippen LogP contribution in [0.25, 0.3) is 0 Å². The first kappa shape index (κ1) is 11.1. The third-order valence-corrected chi connectivity index (χ3v) is 3.33. The van der Waals surface area contributed by atoms with E-state index in [0.29, 0.717) is 5.56 Å². The van der Waals surface area contributed by atoms with Crippen LogP contribution >= 0.6 is 11.3 Å². The minimum absolute atomic E-state index is 0.268. The van der Waals surface area contributed by atoms with Gasteiger partial charge in [0.05, 0.1) is 5.56 Å². The van der Waals surface area contributed by atoms with Crippen molar-refractivity contribution in [1.29, 1.82) is 0 Å². The summed E-state index contributed by atoms with van der Waals surface area (Å²) >= 11 is 1.44. The molecule has 4 nitrogen and oxygen atoms in total. The van der Waals surface area contributed by atoms with Gasteiger partial charge in [0.15, 0.2) is 0 Å². The quantitative estimate of drug-likeness (QED) is 0.814. The number of nitrogens with zero attached hydrogens (tertiary/aromatic N) is 1. The fraction of sp³-hybridized carbons (Fsp3) is 0.455. The number of thiophene rings is 1. The van der Waals surface area contributed by atoms with E-state index in [9.17, 15) is 9.59 Å². The molecule has 1 N–H and O–H groups in total. The van der Waals surface area contributed by atoms with Crippen LogP contribution < -0.4 is 5.32 Å². The predicted octanol–water partition coefficient (Wildman–Crippen LogP) is 2.08. The SMILES string of the molecule is O=C(NC(=O)N1CCCCC1)c1ccsc1. The van der Waals surface area contributed by atoms with Crippen molar-refractivity contribution in [2.45, 2.75) is 19.3 Å². The van der Waals surface area contributed by atoms with Crippen LogP contribution in [0.5, 0.6) is 0 Å². The molecule has 2 rings (SSSR count). The van der Waals surface area contributed by atoms with Gasteiger partial charge >= 0.3 is 6.03 Å². The summed E-state index contributed by atoms with van der Waals surface area (Å²) in [5.41, 5.74) is 0.551. The summed E-state index contributed by atoms with van der Waals surface area (Å²) in [5.74, 6) is -0.308. The summed E-state index contributed by atoms with van der Waals surface area (Å²) in [6, 6.07) is 1.44. The van der Waals surface area contributed by atoms with Gasteiger partial charge in [-0.3, -0.25) is 10.1 Å². The molecule has 1 aliphatic rings. The number of hydrogen-bond acceptors (Lipinski definition) is 3. The van der Waals surface area contributed by atoms with Crippen molar-refractivity contribution in [3.8, 4) is 0 Å². The minimum Gasteiger partial charge on any atom is -0.324 e. The number of nitrogens with one attached hydrogen (secondary N) is 1. The van der Waals surface area contributed by atoms with Gasteiger partial charge in [-0.15, -0.1) is 0 Å². The molecule has 0 spiro atoms. The Morgan fingerprint density at radius 2 is 2.00 bits per heavy atom. The van der Waals surface area contributed by atoms with E-state index in [1.54, 1.807) is 16.3 Å². The zero-order valence-corrected chi connectivity index (χ0v) is 9.76. The molecule has 0 unspecified atom stereocenters. The average molecular weight is 238 g/mol. The number of likely N-dealkylation sites (tertiary alicyclic amines) is 1. The molecule has 0 bridgehead atoms. The molecular weight excluding hydrogens is 224 g/mol. The lowest BCUT2D eigenvalue weighted by Crippen LogP contribution is -2.45. The molecule has 0 aromatic carbocycles. The monoisotopic (exact) mass is 238 g/mol. The summed E-state index contributed by atoms with van der Waals surface area (Å²) in [6.07, 6.45) is 3.22. The van der Waals surface area contributed by atoms with Crippen molar-refractivity contribution in [3.63, 3.8) is 0 Å². The van der Waals surface area contributed by atoms with E-state index in [4.69, 9.17) is 0 Å². The summed E-state index contributed by atoms with van der Waals surface area (Å²) in [5, 5.41) is 5.96. The Morgan fingerprint density at radius 3 is 2.62 bits per heavy atom. The number of carbonyl (C=O) groups is 2. The van der Waals surface area contributed by atoms with Gasteiger partial charge in [0.2, 0.25) is 0 Å². The Kier molecular flexibility index (Phi) is 3.56. The molecule has 1 aromatic rings. The first-order chi connectivity index (χ1) is 7.77. The van der Waals surface area contributed by atoms with E-state index in [1.807, 2.05) is 5.38 Å². The lowest BCUT2D eigenvalue weighted by molar-refractivity contribution is 0.0949. The molecule has 86 valence electrons. The highest BCUT2D eigenvalue weighted by Crippen LogP contribution is 2.09. The Hall–Kier alpha value is -1.36. The van der Waals surface area contributed by atoms with Gasteiger partial charge in [-0.05, 0) is 30.7 Å². The maximum atomic E-state index is 11.7. The number of amides is 3. The zero-order chi connectivity index (χ0) is 11.4. The van der Waals surface area contributed by atoms with Gasteiger partial charge in [-0.25, -0.2) is 4.79 Å². The van der Waals surface area contributed by atoms with Crippen molar-refractivity contribution in [2.75, 3.05) is 13.1 Å². The van der Waals surface area contributed by atoms with Crippen molar-refractivity contribution in [3.05, 3.63) is 22.4 Å². The molecule has 16 heavy (non-hydrogen) atoms. The van der Waals surface area contributed by atoms with E-state index >= 15 is 0 Å². The van der Waals surface area contributed by atoms with E-state index < -0.39 is 0 Å². The van der Waals surface area contributed by atoms with E-state index in [0.717, 1.165) is 25.9 Å². The van der Waals surface area contributed by atoms with Crippen LogP contribution in [-0.4, -0.2) is 29.9 Å². The Balaban J connectivity index is 1.89. The van der Waals surface area contributed by atoms with Crippen molar-refractivity contribution >= 4 is 23.3 Å². The Labute approximate surface area is 98.3 Å². The molecule has 5 heteroatoms. The molecule has 0 saturated carbocycles. The smallest absolute Gasteiger partial charge is 0.324 e. The van der Waals surface area contributed by atoms with Gasteiger partial charge in [-0.1, -0.05) is 0 Å². The van der Waals surface area contributed by atoms with Crippen molar-refractivity contribution in [1.82, 2.24) is 10.2 Å². The molecule has 1 saturated heterocycles. The molecule has 1 aliphatic heterocycles. The second-order valence-corrected chi connectivity index (χ2v) is 4.60. The van der Waals surface area contributed by atoms with Gasteiger partial charge in [-0.2, -0.15) is 11.3 Å². The highest BCUT2D eigenvalue weighted by Gasteiger charge is 2.18. The first-order valence-corrected chi connectivity index (χ1v) is 6.34. The lowest BCUT2D eigenvalue weighted by Gasteiger charge is -2.26. The average Bonchev–Trinajstić information content (AvgIpc) is 2.83. The molecular formula is C11H14N2O2S. The highest BCUT2D eigenvalue weighted by molar-refractivity contribution is 7.08. The van der Waals surface area contributed by atoms with Gasteiger partial charge in [0, 0.05) is 18.5 Å². The van der Waals surface area contributed by atoms with Gasteiger partial charge < -0.3 is 4.90 Å². The summed E-state index contributed by atoms with van der Waals surface area (Å²) in [6.45, 7) is 1.51. The maximum absolute atomic E-state index is 11.7. The zero-order valence-electron chi connectivity index (χ0n) is 8.94. The van der Waals surface area contributed by atoms with Gasteiger partial charge in [0.25, 0.3) is 5.91 Å².